The van der Waals surface area contributed by atoms with E-state index in [1.54, 1.807) is 12.1 Å². The van der Waals surface area contributed by atoms with Gasteiger partial charge in [-0.3, -0.25) is 0 Å². The lowest BCUT2D eigenvalue weighted by molar-refractivity contribution is -0.0221. The summed E-state index contributed by atoms with van der Waals surface area (Å²) >= 11 is 0. The highest BCUT2D eigenvalue weighted by Crippen LogP contribution is 2.09. The van der Waals surface area contributed by atoms with Crippen LogP contribution >= 0.6 is 0 Å². The Hall–Kier alpha value is -1.33. The Balaban J connectivity index is 2.39. The molecule has 16 heavy (non-hydrogen) atoms. The predicted octanol–water partition coefficient (Wildman–Crippen LogP) is 0.749. The van der Waals surface area contributed by atoms with Crippen LogP contribution in [-0.4, -0.2) is 28.5 Å². The second kappa shape index (κ2) is 5.14. The summed E-state index contributed by atoms with van der Waals surface area (Å²) in [6.45, 7) is 6.39. The number of aliphatic hydroxyl groups is 1. The zero-order chi connectivity index (χ0) is 12.2. The van der Waals surface area contributed by atoms with E-state index in [0.29, 0.717) is 18.1 Å². The van der Waals surface area contributed by atoms with E-state index in [9.17, 15) is 5.11 Å². The maximum atomic E-state index is 9.58. The molecule has 0 aliphatic rings. The Labute approximate surface area is 95.6 Å². The minimum Gasteiger partial charge on any atom is -0.447 e. The molecule has 4 N–H and O–H groups in total. The minimum atomic E-state index is -0.921. The van der Waals surface area contributed by atoms with E-state index in [1.165, 1.54) is 6.20 Å². The van der Waals surface area contributed by atoms with Crippen molar-refractivity contribution in [3.63, 3.8) is 0 Å². The highest BCUT2D eigenvalue weighted by molar-refractivity contribution is 5.35. The van der Waals surface area contributed by atoms with Crippen LogP contribution in [-0.2, 0) is 0 Å². The Bertz CT molecular complexity index is 319. The van der Waals surface area contributed by atoms with Crippen LogP contribution < -0.4 is 15.8 Å². The summed E-state index contributed by atoms with van der Waals surface area (Å²) < 4.78 is 5.19. The third-order valence-electron chi connectivity index (χ3n) is 1.82. The van der Waals surface area contributed by atoms with Gasteiger partial charge >= 0.3 is 0 Å². The summed E-state index contributed by atoms with van der Waals surface area (Å²) in [5.74, 6) is 0.359. The number of anilines is 1. The number of aliphatic hydroxyl groups excluding tert-OH is 1. The number of nitrogens with two attached hydrogens (primary N) is 1. The third-order valence-corrected chi connectivity index (χ3v) is 1.82. The van der Waals surface area contributed by atoms with E-state index < -0.39 is 6.29 Å². The molecule has 1 atom stereocenters. The maximum Gasteiger partial charge on any atom is 0.215 e. The minimum absolute atomic E-state index is 0.0567. The topological polar surface area (TPSA) is 80.4 Å². The first-order chi connectivity index (χ1) is 7.37. The number of nitrogens with zero attached hydrogens (tertiary/aromatic N) is 1. The van der Waals surface area contributed by atoms with Crippen molar-refractivity contribution in [1.82, 2.24) is 10.3 Å². The molecule has 1 aromatic heterocycles. The van der Waals surface area contributed by atoms with Gasteiger partial charge in [0.1, 0.15) is 0 Å². The summed E-state index contributed by atoms with van der Waals surface area (Å²) in [5.41, 5.74) is 5.99. The fraction of sp³-hybridized carbons (Fsp3) is 0.545. The molecule has 5 heteroatoms. The van der Waals surface area contributed by atoms with Crippen LogP contribution in [0.4, 0.5) is 5.69 Å². The number of rotatable bonds is 4. The number of pyridine rings is 1. The van der Waals surface area contributed by atoms with Gasteiger partial charge in [-0.25, -0.2) is 4.98 Å². The summed E-state index contributed by atoms with van der Waals surface area (Å²) in [7, 11) is 0. The maximum absolute atomic E-state index is 9.58. The van der Waals surface area contributed by atoms with Gasteiger partial charge in [-0.05, 0) is 26.8 Å². The first-order valence-corrected chi connectivity index (χ1v) is 5.18. The number of β-amino-alcohol motifs (C(OH)–C–C–N with tert-alkyl or cyclic N) is 1. The van der Waals surface area contributed by atoms with Crippen molar-refractivity contribution in [3.05, 3.63) is 18.3 Å². The van der Waals surface area contributed by atoms with E-state index >= 15 is 0 Å². The molecular weight excluding hydrogens is 206 g/mol. The van der Waals surface area contributed by atoms with E-state index in [2.05, 4.69) is 10.3 Å². The molecule has 1 unspecified atom stereocenters. The molecule has 0 spiro atoms. The molecule has 5 nitrogen and oxygen atoms in total. The van der Waals surface area contributed by atoms with Crippen LogP contribution in [0, 0.1) is 0 Å². The number of aromatic nitrogens is 1. The van der Waals surface area contributed by atoms with Crippen LogP contribution in [0.3, 0.4) is 0 Å². The molecule has 0 bridgehead atoms. The molecule has 0 amide bonds. The Kier molecular flexibility index (Phi) is 4.09. The van der Waals surface area contributed by atoms with Gasteiger partial charge in [0, 0.05) is 11.6 Å². The molecule has 0 radical (unpaired) electrons. The van der Waals surface area contributed by atoms with Crippen molar-refractivity contribution in [3.8, 4) is 5.88 Å². The second-order valence-electron chi connectivity index (χ2n) is 4.63. The van der Waals surface area contributed by atoms with Crippen LogP contribution in [0.25, 0.3) is 0 Å². The summed E-state index contributed by atoms with van der Waals surface area (Å²) in [6, 6.07) is 3.29. The van der Waals surface area contributed by atoms with Crippen LogP contribution in [0.15, 0.2) is 18.3 Å². The number of ether oxygens (including phenoxy) is 1. The monoisotopic (exact) mass is 225 g/mol. The van der Waals surface area contributed by atoms with Gasteiger partial charge in [0.25, 0.3) is 0 Å². The lowest BCUT2D eigenvalue weighted by atomic mass is 10.1. The fourth-order valence-electron chi connectivity index (χ4n) is 1.04. The van der Waals surface area contributed by atoms with E-state index in [4.69, 9.17) is 10.5 Å². The van der Waals surface area contributed by atoms with Crippen molar-refractivity contribution in [2.24, 2.45) is 0 Å². The normalized spacial score (nSPS) is 13.5. The van der Waals surface area contributed by atoms with Crippen molar-refractivity contribution >= 4 is 5.69 Å². The molecule has 1 aromatic rings. The molecule has 1 rings (SSSR count). The summed E-state index contributed by atoms with van der Waals surface area (Å²) in [4.78, 5) is 3.93. The molecule has 0 saturated carbocycles. The fourth-order valence-corrected chi connectivity index (χ4v) is 1.04. The Morgan fingerprint density at radius 3 is 2.69 bits per heavy atom. The zero-order valence-corrected chi connectivity index (χ0v) is 9.90. The molecule has 0 fully saturated rings. The van der Waals surface area contributed by atoms with Gasteiger partial charge in [0.2, 0.25) is 12.2 Å². The smallest absolute Gasteiger partial charge is 0.215 e. The van der Waals surface area contributed by atoms with Crippen LogP contribution in [0.1, 0.15) is 20.8 Å². The lowest BCUT2D eigenvalue weighted by Crippen LogP contribution is -2.42. The summed E-state index contributed by atoms with van der Waals surface area (Å²) in [5, 5.41) is 12.7. The summed E-state index contributed by atoms with van der Waals surface area (Å²) in [6.07, 6.45) is 0.564. The quantitative estimate of drug-likeness (QED) is 0.659. The Morgan fingerprint density at radius 1 is 1.50 bits per heavy atom. The molecule has 90 valence electrons. The van der Waals surface area contributed by atoms with Crippen molar-refractivity contribution in [1.29, 1.82) is 0 Å². The zero-order valence-electron chi connectivity index (χ0n) is 9.90. The van der Waals surface area contributed by atoms with Crippen LogP contribution in [0.2, 0.25) is 0 Å². The van der Waals surface area contributed by atoms with E-state index in [1.807, 2.05) is 20.8 Å². The molecule has 1 heterocycles. The SMILES string of the molecule is CC(C)(C)NCC(O)Oc1ccc(N)cn1. The second-order valence-corrected chi connectivity index (χ2v) is 4.63. The molecule has 0 aliphatic carbocycles. The molecule has 0 saturated heterocycles. The van der Waals surface area contributed by atoms with Crippen molar-refractivity contribution < 1.29 is 9.84 Å². The Morgan fingerprint density at radius 2 is 2.19 bits per heavy atom. The van der Waals surface area contributed by atoms with E-state index in [-0.39, 0.29) is 5.54 Å². The van der Waals surface area contributed by atoms with E-state index in [0.717, 1.165) is 0 Å². The first-order valence-electron chi connectivity index (χ1n) is 5.18. The highest BCUT2D eigenvalue weighted by Gasteiger charge is 2.13. The number of hydrogen-bond acceptors (Lipinski definition) is 5. The molecular formula is C11H19N3O2. The van der Waals surface area contributed by atoms with Gasteiger partial charge in [-0.2, -0.15) is 0 Å². The molecule has 0 aromatic carbocycles. The van der Waals surface area contributed by atoms with Gasteiger partial charge in [-0.15, -0.1) is 0 Å². The number of nitrogen functional groups attached to an aromatic ring is 1. The number of hydrogen-bond donors (Lipinski definition) is 3. The highest BCUT2D eigenvalue weighted by atomic mass is 16.6. The predicted molar refractivity (Wildman–Crippen MR) is 63.0 cm³/mol. The van der Waals surface area contributed by atoms with Crippen molar-refractivity contribution in [2.45, 2.75) is 32.6 Å². The average molecular weight is 225 g/mol. The van der Waals surface area contributed by atoms with Crippen molar-refractivity contribution in [2.75, 3.05) is 12.3 Å². The largest absolute Gasteiger partial charge is 0.447 e. The first kappa shape index (κ1) is 12.7. The van der Waals surface area contributed by atoms with Gasteiger partial charge in [0.15, 0.2) is 0 Å². The lowest BCUT2D eigenvalue weighted by Gasteiger charge is -2.22. The van der Waals surface area contributed by atoms with Gasteiger partial charge < -0.3 is 20.9 Å². The molecule has 0 aliphatic heterocycles. The van der Waals surface area contributed by atoms with Crippen LogP contribution in [0.5, 0.6) is 5.88 Å². The standard InChI is InChI=1S/C11H19N3O2/c1-11(2,3)14-7-10(15)16-9-5-4-8(12)6-13-9/h4-6,10,14-15H,7,12H2,1-3H3. The van der Waals surface area contributed by atoms with Gasteiger partial charge in [0.05, 0.1) is 18.4 Å². The average Bonchev–Trinajstić information content (AvgIpc) is 2.18. The van der Waals surface area contributed by atoms with Gasteiger partial charge in [-0.1, -0.05) is 0 Å². The number of nitrogens with one attached hydrogen (secondary N) is 1. The third kappa shape index (κ3) is 4.95.